The zero-order valence-corrected chi connectivity index (χ0v) is 9.88. The average Bonchev–Trinajstić information content (AvgIpc) is 2.17. The SMILES string of the molecule is C=C(C)CCNc1cccc(N(C)C)c1. The highest BCUT2D eigenvalue weighted by Gasteiger charge is 1.96. The minimum atomic E-state index is 0.951. The van der Waals surface area contributed by atoms with Crippen LogP contribution in [0.15, 0.2) is 36.4 Å². The zero-order valence-electron chi connectivity index (χ0n) is 9.88. The molecule has 1 aromatic carbocycles. The van der Waals surface area contributed by atoms with E-state index in [2.05, 4.69) is 48.0 Å². The van der Waals surface area contributed by atoms with Gasteiger partial charge in [0.25, 0.3) is 0 Å². The molecule has 0 saturated carbocycles. The van der Waals surface area contributed by atoms with Gasteiger partial charge in [-0.2, -0.15) is 0 Å². The van der Waals surface area contributed by atoms with Gasteiger partial charge in [0, 0.05) is 32.0 Å². The molecule has 0 radical (unpaired) electrons. The van der Waals surface area contributed by atoms with Crippen LogP contribution in [-0.2, 0) is 0 Å². The molecule has 0 aliphatic carbocycles. The van der Waals surface area contributed by atoms with Crippen molar-refractivity contribution in [3.63, 3.8) is 0 Å². The van der Waals surface area contributed by atoms with Crippen LogP contribution < -0.4 is 10.2 Å². The van der Waals surface area contributed by atoms with Crippen LogP contribution in [0.5, 0.6) is 0 Å². The Morgan fingerprint density at radius 2 is 2.13 bits per heavy atom. The second-order valence-electron chi connectivity index (χ2n) is 4.08. The molecular weight excluding hydrogens is 184 g/mol. The highest BCUT2D eigenvalue weighted by Crippen LogP contribution is 2.17. The van der Waals surface area contributed by atoms with Crippen molar-refractivity contribution in [3.8, 4) is 0 Å². The van der Waals surface area contributed by atoms with Gasteiger partial charge in [0.15, 0.2) is 0 Å². The van der Waals surface area contributed by atoms with E-state index >= 15 is 0 Å². The summed E-state index contributed by atoms with van der Waals surface area (Å²) in [6, 6.07) is 8.41. The number of rotatable bonds is 5. The molecule has 0 heterocycles. The molecule has 1 N–H and O–H groups in total. The van der Waals surface area contributed by atoms with Crippen LogP contribution >= 0.6 is 0 Å². The fourth-order valence-electron chi connectivity index (χ4n) is 1.31. The van der Waals surface area contributed by atoms with Crippen LogP contribution in [0.2, 0.25) is 0 Å². The summed E-state index contributed by atoms with van der Waals surface area (Å²) in [6.07, 6.45) is 1.02. The first kappa shape index (κ1) is 11.6. The average molecular weight is 204 g/mol. The van der Waals surface area contributed by atoms with Crippen molar-refractivity contribution < 1.29 is 0 Å². The van der Waals surface area contributed by atoms with E-state index in [0.717, 1.165) is 13.0 Å². The lowest BCUT2D eigenvalue weighted by Gasteiger charge is -2.14. The quantitative estimate of drug-likeness (QED) is 0.741. The summed E-state index contributed by atoms with van der Waals surface area (Å²) in [5, 5.41) is 3.38. The second kappa shape index (κ2) is 5.44. The van der Waals surface area contributed by atoms with E-state index in [1.165, 1.54) is 16.9 Å². The monoisotopic (exact) mass is 204 g/mol. The fourth-order valence-corrected chi connectivity index (χ4v) is 1.31. The predicted octanol–water partition coefficient (Wildman–Crippen LogP) is 3.13. The molecule has 0 aromatic heterocycles. The van der Waals surface area contributed by atoms with E-state index in [9.17, 15) is 0 Å². The van der Waals surface area contributed by atoms with Crippen molar-refractivity contribution in [1.82, 2.24) is 0 Å². The molecule has 0 saturated heterocycles. The molecule has 0 fully saturated rings. The Morgan fingerprint density at radius 3 is 2.73 bits per heavy atom. The number of anilines is 2. The van der Waals surface area contributed by atoms with Gasteiger partial charge < -0.3 is 10.2 Å². The molecule has 1 aromatic rings. The first-order valence-electron chi connectivity index (χ1n) is 5.25. The summed E-state index contributed by atoms with van der Waals surface area (Å²) in [5.74, 6) is 0. The molecule has 0 atom stereocenters. The molecule has 2 heteroatoms. The Balaban J connectivity index is 2.54. The Kier molecular flexibility index (Phi) is 4.22. The maximum Gasteiger partial charge on any atom is 0.0381 e. The predicted molar refractivity (Wildman–Crippen MR) is 68.7 cm³/mol. The van der Waals surface area contributed by atoms with Crippen molar-refractivity contribution in [3.05, 3.63) is 36.4 Å². The largest absolute Gasteiger partial charge is 0.385 e. The Labute approximate surface area is 92.6 Å². The summed E-state index contributed by atoms with van der Waals surface area (Å²) in [4.78, 5) is 2.10. The molecule has 0 bridgehead atoms. The van der Waals surface area contributed by atoms with Gasteiger partial charge in [-0.15, -0.1) is 6.58 Å². The van der Waals surface area contributed by atoms with E-state index in [1.807, 2.05) is 14.1 Å². The third kappa shape index (κ3) is 4.07. The highest BCUT2D eigenvalue weighted by molar-refractivity contribution is 5.57. The molecule has 82 valence electrons. The smallest absolute Gasteiger partial charge is 0.0381 e. The van der Waals surface area contributed by atoms with Crippen LogP contribution in [0.4, 0.5) is 11.4 Å². The van der Waals surface area contributed by atoms with Gasteiger partial charge in [-0.3, -0.25) is 0 Å². The Morgan fingerprint density at radius 1 is 1.40 bits per heavy atom. The molecule has 15 heavy (non-hydrogen) atoms. The first-order valence-corrected chi connectivity index (χ1v) is 5.25. The minimum Gasteiger partial charge on any atom is -0.385 e. The van der Waals surface area contributed by atoms with Crippen molar-refractivity contribution in [1.29, 1.82) is 0 Å². The number of benzene rings is 1. The molecule has 0 unspecified atom stereocenters. The van der Waals surface area contributed by atoms with E-state index in [1.54, 1.807) is 0 Å². The standard InChI is InChI=1S/C13H20N2/c1-11(2)8-9-14-12-6-5-7-13(10-12)15(3)4/h5-7,10,14H,1,8-9H2,2-4H3. The summed E-state index contributed by atoms with van der Waals surface area (Å²) < 4.78 is 0. The van der Waals surface area contributed by atoms with Crippen molar-refractivity contribution >= 4 is 11.4 Å². The number of nitrogens with zero attached hydrogens (tertiary/aromatic N) is 1. The van der Waals surface area contributed by atoms with Crippen LogP contribution in [0, 0.1) is 0 Å². The fraction of sp³-hybridized carbons (Fsp3) is 0.385. The van der Waals surface area contributed by atoms with Gasteiger partial charge in [-0.1, -0.05) is 11.6 Å². The van der Waals surface area contributed by atoms with Crippen LogP contribution in [0.3, 0.4) is 0 Å². The van der Waals surface area contributed by atoms with Gasteiger partial charge in [-0.05, 0) is 31.5 Å². The van der Waals surface area contributed by atoms with E-state index in [0.29, 0.717) is 0 Å². The van der Waals surface area contributed by atoms with Crippen molar-refractivity contribution in [2.45, 2.75) is 13.3 Å². The lowest BCUT2D eigenvalue weighted by molar-refractivity contribution is 1.00. The van der Waals surface area contributed by atoms with E-state index < -0.39 is 0 Å². The van der Waals surface area contributed by atoms with Gasteiger partial charge in [-0.25, -0.2) is 0 Å². The maximum absolute atomic E-state index is 3.88. The number of hydrogen-bond donors (Lipinski definition) is 1. The lowest BCUT2D eigenvalue weighted by Crippen LogP contribution is -2.09. The van der Waals surface area contributed by atoms with E-state index in [4.69, 9.17) is 0 Å². The molecule has 0 aliphatic heterocycles. The normalized spacial score (nSPS) is 9.80. The van der Waals surface area contributed by atoms with Crippen molar-refractivity contribution in [2.75, 3.05) is 30.9 Å². The highest BCUT2D eigenvalue weighted by atomic mass is 15.1. The minimum absolute atomic E-state index is 0.951. The summed E-state index contributed by atoms with van der Waals surface area (Å²) >= 11 is 0. The summed E-state index contributed by atoms with van der Waals surface area (Å²) in [6.45, 7) is 6.89. The second-order valence-corrected chi connectivity index (χ2v) is 4.08. The molecule has 0 amide bonds. The summed E-state index contributed by atoms with van der Waals surface area (Å²) in [5.41, 5.74) is 3.60. The van der Waals surface area contributed by atoms with Gasteiger partial charge in [0.1, 0.15) is 0 Å². The van der Waals surface area contributed by atoms with Crippen LogP contribution in [0.25, 0.3) is 0 Å². The third-order valence-electron chi connectivity index (χ3n) is 2.24. The number of hydrogen-bond acceptors (Lipinski definition) is 2. The maximum atomic E-state index is 3.88. The van der Waals surface area contributed by atoms with Crippen molar-refractivity contribution in [2.24, 2.45) is 0 Å². The molecule has 1 rings (SSSR count). The first-order chi connectivity index (χ1) is 7.09. The summed E-state index contributed by atoms with van der Waals surface area (Å²) in [7, 11) is 4.10. The van der Waals surface area contributed by atoms with Crippen LogP contribution in [0.1, 0.15) is 13.3 Å². The Hall–Kier alpha value is -1.44. The third-order valence-corrected chi connectivity index (χ3v) is 2.24. The Bertz CT molecular complexity index is 329. The topological polar surface area (TPSA) is 15.3 Å². The molecule has 2 nitrogen and oxygen atoms in total. The van der Waals surface area contributed by atoms with E-state index in [-0.39, 0.29) is 0 Å². The van der Waals surface area contributed by atoms with Gasteiger partial charge in [0.05, 0.1) is 0 Å². The van der Waals surface area contributed by atoms with Crippen LogP contribution in [-0.4, -0.2) is 20.6 Å². The zero-order chi connectivity index (χ0) is 11.3. The molecule has 0 aliphatic rings. The number of nitrogens with one attached hydrogen (secondary N) is 1. The molecule has 0 spiro atoms. The van der Waals surface area contributed by atoms with Gasteiger partial charge in [0.2, 0.25) is 0 Å². The lowest BCUT2D eigenvalue weighted by atomic mass is 10.2. The molecular formula is C13H20N2. The van der Waals surface area contributed by atoms with Gasteiger partial charge >= 0.3 is 0 Å².